The van der Waals surface area contributed by atoms with Crippen molar-refractivity contribution in [3.63, 3.8) is 0 Å². The molecule has 104 valence electrons. The third kappa shape index (κ3) is 2.98. The average molecular weight is 264 g/mol. The van der Waals surface area contributed by atoms with Crippen LogP contribution in [0.25, 0.3) is 0 Å². The standard InChI is InChI=1S/C14H20N2O3/c1-9(10-7-15-8-10)14(17)16-12-6-11(18-2)4-5-13(12)19-3/h4-6,9-10,15H,7-8H2,1-3H3,(H,16,17). The molecule has 0 radical (unpaired) electrons. The van der Waals surface area contributed by atoms with Crippen LogP contribution in [0.15, 0.2) is 18.2 Å². The number of rotatable bonds is 5. The summed E-state index contributed by atoms with van der Waals surface area (Å²) >= 11 is 0. The number of nitrogens with one attached hydrogen (secondary N) is 2. The number of anilines is 1. The van der Waals surface area contributed by atoms with E-state index in [1.807, 2.05) is 6.92 Å². The first-order valence-corrected chi connectivity index (χ1v) is 6.39. The van der Waals surface area contributed by atoms with Crippen LogP contribution in [0, 0.1) is 11.8 Å². The van der Waals surface area contributed by atoms with Gasteiger partial charge < -0.3 is 20.1 Å². The van der Waals surface area contributed by atoms with Crippen LogP contribution in [-0.4, -0.2) is 33.2 Å². The van der Waals surface area contributed by atoms with Crippen molar-refractivity contribution in [2.75, 3.05) is 32.6 Å². The fourth-order valence-electron chi connectivity index (χ4n) is 2.04. The molecule has 0 aliphatic carbocycles. The zero-order chi connectivity index (χ0) is 13.8. The monoisotopic (exact) mass is 264 g/mol. The number of hydrogen-bond donors (Lipinski definition) is 2. The van der Waals surface area contributed by atoms with E-state index in [9.17, 15) is 4.79 Å². The van der Waals surface area contributed by atoms with Gasteiger partial charge >= 0.3 is 0 Å². The van der Waals surface area contributed by atoms with Gasteiger partial charge in [0, 0.05) is 12.0 Å². The Labute approximate surface area is 113 Å². The maximum atomic E-state index is 12.2. The Hall–Kier alpha value is -1.75. The van der Waals surface area contributed by atoms with E-state index < -0.39 is 0 Å². The van der Waals surface area contributed by atoms with Crippen molar-refractivity contribution in [2.45, 2.75) is 6.92 Å². The van der Waals surface area contributed by atoms with Crippen molar-refractivity contribution < 1.29 is 14.3 Å². The lowest BCUT2D eigenvalue weighted by Crippen LogP contribution is -2.48. The van der Waals surface area contributed by atoms with Gasteiger partial charge in [-0.25, -0.2) is 0 Å². The molecular formula is C14H20N2O3. The summed E-state index contributed by atoms with van der Waals surface area (Å²) < 4.78 is 10.4. The summed E-state index contributed by atoms with van der Waals surface area (Å²) in [6.45, 7) is 3.77. The molecule has 0 spiro atoms. The van der Waals surface area contributed by atoms with Crippen molar-refractivity contribution in [1.29, 1.82) is 0 Å². The van der Waals surface area contributed by atoms with Gasteiger partial charge in [-0.1, -0.05) is 6.92 Å². The third-order valence-corrected chi connectivity index (χ3v) is 3.60. The van der Waals surface area contributed by atoms with Crippen LogP contribution in [0.1, 0.15) is 6.92 Å². The van der Waals surface area contributed by atoms with E-state index in [1.165, 1.54) is 0 Å². The highest BCUT2D eigenvalue weighted by Gasteiger charge is 2.29. The molecule has 2 rings (SSSR count). The molecule has 0 bridgehead atoms. The van der Waals surface area contributed by atoms with Crippen molar-refractivity contribution in [3.05, 3.63) is 18.2 Å². The van der Waals surface area contributed by atoms with E-state index in [4.69, 9.17) is 9.47 Å². The molecule has 1 fully saturated rings. The van der Waals surface area contributed by atoms with Gasteiger partial charge in [0.15, 0.2) is 0 Å². The van der Waals surface area contributed by atoms with Crippen molar-refractivity contribution >= 4 is 11.6 Å². The first-order valence-electron chi connectivity index (χ1n) is 6.39. The number of amides is 1. The molecule has 1 heterocycles. The molecule has 1 atom stereocenters. The van der Waals surface area contributed by atoms with Gasteiger partial charge in [-0.15, -0.1) is 0 Å². The predicted molar refractivity (Wildman–Crippen MR) is 73.7 cm³/mol. The summed E-state index contributed by atoms with van der Waals surface area (Å²) in [5, 5.41) is 6.09. The van der Waals surface area contributed by atoms with Gasteiger partial charge in [-0.3, -0.25) is 4.79 Å². The second kappa shape index (κ2) is 5.93. The maximum Gasteiger partial charge on any atom is 0.227 e. The Morgan fingerprint density at radius 2 is 2.11 bits per heavy atom. The zero-order valence-electron chi connectivity index (χ0n) is 11.5. The number of benzene rings is 1. The Bertz CT molecular complexity index is 458. The van der Waals surface area contributed by atoms with Crippen molar-refractivity contribution in [2.24, 2.45) is 11.8 Å². The molecule has 1 aliphatic heterocycles. The molecule has 5 nitrogen and oxygen atoms in total. The van der Waals surface area contributed by atoms with E-state index in [2.05, 4.69) is 10.6 Å². The number of hydrogen-bond acceptors (Lipinski definition) is 4. The summed E-state index contributed by atoms with van der Waals surface area (Å²) in [7, 11) is 3.17. The van der Waals surface area contributed by atoms with Crippen molar-refractivity contribution in [1.82, 2.24) is 5.32 Å². The molecule has 2 N–H and O–H groups in total. The minimum Gasteiger partial charge on any atom is -0.497 e. The Morgan fingerprint density at radius 1 is 1.37 bits per heavy atom. The van der Waals surface area contributed by atoms with Gasteiger partial charge in [0.05, 0.1) is 19.9 Å². The Kier molecular flexibility index (Phi) is 4.27. The van der Waals surface area contributed by atoms with Gasteiger partial charge in [-0.2, -0.15) is 0 Å². The second-order valence-corrected chi connectivity index (χ2v) is 4.76. The summed E-state index contributed by atoms with van der Waals surface area (Å²) in [5.74, 6) is 1.73. The first kappa shape index (κ1) is 13.7. The van der Waals surface area contributed by atoms with Crippen LogP contribution in [0.3, 0.4) is 0 Å². The molecular weight excluding hydrogens is 244 g/mol. The van der Waals surface area contributed by atoms with Crippen LogP contribution in [0.2, 0.25) is 0 Å². The highest BCUT2D eigenvalue weighted by atomic mass is 16.5. The molecule has 1 amide bonds. The quantitative estimate of drug-likeness (QED) is 0.846. The first-order chi connectivity index (χ1) is 9.15. The van der Waals surface area contributed by atoms with E-state index in [0.29, 0.717) is 23.1 Å². The van der Waals surface area contributed by atoms with Crippen LogP contribution in [0.5, 0.6) is 11.5 Å². The third-order valence-electron chi connectivity index (χ3n) is 3.60. The van der Waals surface area contributed by atoms with E-state index in [0.717, 1.165) is 13.1 Å². The van der Waals surface area contributed by atoms with Crippen molar-refractivity contribution in [3.8, 4) is 11.5 Å². The number of carbonyl (C=O) groups excluding carboxylic acids is 1. The smallest absolute Gasteiger partial charge is 0.227 e. The topological polar surface area (TPSA) is 59.6 Å². The average Bonchev–Trinajstić information content (AvgIpc) is 2.36. The lowest BCUT2D eigenvalue weighted by Gasteiger charge is -2.31. The second-order valence-electron chi connectivity index (χ2n) is 4.76. The fraction of sp³-hybridized carbons (Fsp3) is 0.500. The molecule has 19 heavy (non-hydrogen) atoms. The fourth-order valence-corrected chi connectivity index (χ4v) is 2.04. The normalized spacial score (nSPS) is 16.4. The molecule has 1 saturated heterocycles. The summed E-state index contributed by atoms with van der Waals surface area (Å²) in [4.78, 5) is 12.2. The maximum absolute atomic E-state index is 12.2. The van der Waals surface area contributed by atoms with Crippen LogP contribution in [0.4, 0.5) is 5.69 Å². The van der Waals surface area contributed by atoms with Gasteiger partial charge in [-0.05, 0) is 31.1 Å². The van der Waals surface area contributed by atoms with Gasteiger partial charge in [0.1, 0.15) is 11.5 Å². The molecule has 0 aromatic heterocycles. The number of methoxy groups -OCH3 is 2. The van der Waals surface area contributed by atoms with Crippen LogP contribution < -0.4 is 20.1 Å². The van der Waals surface area contributed by atoms with Gasteiger partial charge in [0.25, 0.3) is 0 Å². The van der Waals surface area contributed by atoms with E-state index >= 15 is 0 Å². The number of carbonyl (C=O) groups is 1. The lowest BCUT2D eigenvalue weighted by atomic mass is 9.88. The SMILES string of the molecule is COc1ccc(OC)c(NC(=O)C(C)C2CNC2)c1. The van der Waals surface area contributed by atoms with E-state index in [-0.39, 0.29) is 11.8 Å². The predicted octanol–water partition coefficient (Wildman–Crippen LogP) is 1.50. The highest BCUT2D eigenvalue weighted by molar-refractivity contribution is 5.94. The lowest BCUT2D eigenvalue weighted by molar-refractivity contribution is -0.121. The summed E-state index contributed by atoms with van der Waals surface area (Å²) in [6, 6.07) is 5.35. The summed E-state index contributed by atoms with van der Waals surface area (Å²) in [6.07, 6.45) is 0. The Morgan fingerprint density at radius 3 is 2.63 bits per heavy atom. The summed E-state index contributed by atoms with van der Waals surface area (Å²) in [5.41, 5.74) is 0.644. The minimum absolute atomic E-state index is 0.0121. The molecule has 1 aromatic carbocycles. The molecule has 1 aromatic rings. The zero-order valence-corrected chi connectivity index (χ0v) is 11.5. The minimum atomic E-state index is -0.0165. The van der Waals surface area contributed by atoms with Crippen LogP contribution >= 0.6 is 0 Å². The Balaban J connectivity index is 2.10. The molecule has 1 aliphatic rings. The van der Waals surface area contributed by atoms with Crippen LogP contribution in [-0.2, 0) is 4.79 Å². The van der Waals surface area contributed by atoms with E-state index in [1.54, 1.807) is 32.4 Å². The van der Waals surface area contributed by atoms with Gasteiger partial charge in [0.2, 0.25) is 5.91 Å². The molecule has 0 saturated carbocycles. The number of ether oxygens (including phenoxy) is 2. The highest BCUT2D eigenvalue weighted by Crippen LogP contribution is 2.30. The largest absolute Gasteiger partial charge is 0.497 e. The molecule has 5 heteroatoms. The molecule has 1 unspecified atom stereocenters.